The number of rotatable bonds is 6. The summed E-state index contributed by atoms with van der Waals surface area (Å²) in [6.45, 7) is 4.49. The van der Waals surface area contributed by atoms with Gasteiger partial charge in [-0.3, -0.25) is 9.52 Å². The number of fused-ring (bicyclic) bond motifs is 1. The summed E-state index contributed by atoms with van der Waals surface area (Å²) in [5.41, 5.74) is 3.20. The molecule has 0 fully saturated rings. The van der Waals surface area contributed by atoms with Crippen molar-refractivity contribution in [1.29, 1.82) is 0 Å². The number of aryl methyl sites for hydroxylation is 2. The molecule has 27 heavy (non-hydrogen) atoms. The number of carbonyl (C=O) groups is 1. The van der Waals surface area contributed by atoms with E-state index in [1.165, 1.54) is 7.11 Å². The lowest BCUT2D eigenvalue weighted by Crippen LogP contribution is -2.34. The molecule has 1 N–H and O–H groups in total. The van der Waals surface area contributed by atoms with Crippen molar-refractivity contribution in [2.24, 2.45) is 0 Å². The lowest BCUT2D eigenvalue weighted by Gasteiger charge is -2.28. The topological polar surface area (TPSA) is 75.7 Å². The summed E-state index contributed by atoms with van der Waals surface area (Å²) >= 11 is 0. The van der Waals surface area contributed by atoms with Crippen LogP contribution >= 0.6 is 0 Å². The van der Waals surface area contributed by atoms with Gasteiger partial charge in [-0.05, 0) is 61.2 Å². The number of benzene rings is 2. The van der Waals surface area contributed by atoms with Crippen molar-refractivity contribution in [3.05, 3.63) is 47.5 Å². The minimum Gasteiger partial charge on any atom is -0.495 e. The lowest BCUT2D eigenvalue weighted by atomic mass is 10.0. The van der Waals surface area contributed by atoms with Crippen LogP contribution in [0.4, 0.5) is 11.4 Å². The van der Waals surface area contributed by atoms with Crippen molar-refractivity contribution >= 4 is 27.3 Å². The van der Waals surface area contributed by atoms with Gasteiger partial charge >= 0.3 is 0 Å². The van der Waals surface area contributed by atoms with Crippen molar-refractivity contribution in [2.75, 3.05) is 23.3 Å². The fraction of sp³-hybridized carbons (Fsp3) is 0.350. The molecule has 0 bridgehead atoms. The number of nitrogens with zero attached hydrogens (tertiary/aromatic N) is 1. The molecule has 2 aromatic rings. The summed E-state index contributed by atoms with van der Waals surface area (Å²) in [4.78, 5) is 13.9. The van der Waals surface area contributed by atoms with Gasteiger partial charge in [-0.1, -0.05) is 13.0 Å². The number of anilines is 2. The maximum atomic E-state index is 12.9. The summed E-state index contributed by atoms with van der Waals surface area (Å²) in [6.07, 6.45) is 1.77. The Morgan fingerprint density at radius 3 is 2.56 bits per heavy atom. The molecule has 1 heterocycles. The molecule has 1 amide bonds. The van der Waals surface area contributed by atoms with Crippen LogP contribution in [0.1, 0.15) is 31.4 Å². The average Bonchev–Trinajstić information content (AvgIpc) is 2.67. The second kappa shape index (κ2) is 7.60. The Morgan fingerprint density at radius 1 is 1.11 bits per heavy atom. The van der Waals surface area contributed by atoms with E-state index in [-0.39, 0.29) is 10.8 Å². The van der Waals surface area contributed by atoms with Crippen molar-refractivity contribution in [3.63, 3.8) is 0 Å². The highest BCUT2D eigenvalue weighted by atomic mass is 32.2. The fourth-order valence-corrected chi connectivity index (χ4v) is 4.60. The number of amides is 1. The van der Waals surface area contributed by atoms with Gasteiger partial charge < -0.3 is 9.64 Å². The van der Waals surface area contributed by atoms with E-state index in [1.807, 2.05) is 19.9 Å². The maximum Gasteiger partial charge on any atom is 0.265 e. The van der Waals surface area contributed by atoms with Gasteiger partial charge in [0.15, 0.2) is 0 Å². The van der Waals surface area contributed by atoms with Gasteiger partial charge in [0, 0.05) is 24.3 Å². The van der Waals surface area contributed by atoms with Gasteiger partial charge in [0.05, 0.1) is 7.11 Å². The maximum absolute atomic E-state index is 12.9. The van der Waals surface area contributed by atoms with E-state index in [9.17, 15) is 13.2 Å². The zero-order valence-electron chi connectivity index (χ0n) is 15.8. The number of methoxy groups -OCH3 is 1. The average molecular weight is 388 g/mol. The standard InChI is InChI=1S/C20H24N2O4S/c1-4-14-6-10-18(26-3)19(12-14)27(24,25)21-16-8-9-17-15(13-16)7-11-20(23)22(17)5-2/h6,8-10,12-13,21H,4-5,7,11H2,1-3H3. The van der Waals surface area contributed by atoms with Crippen LogP contribution in [0.25, 0.3) is 0 Å². The molecule has 1 aliphatic rings. The second-order valence-corrected chi connectivity index (χ2v) is 8.08. The van der Waals surface area contributed by atoms with E-state index in [0.29, 0.717) is 30.8 Å². The molecule has 0 atom stereocenters. The Bertz CT molecular complexity index is 970. The molecule has 3 rings (SSSR count). The van der Waals surface area contributed by atoms with Crippen LogP contribution in [0.15, 0.2) is 41.3 Å². The zero-order valence-corrected chi connectivity index (χ0v) is 16.6. The molecule has 0 saturated carbocycles. The first-order chi connectivity index (χ1) is 12.9. The number of sulfonamides is 1. The fourth-order valence-electron chi connectivity index (χ4n) is 3.33. The molecule has 2 aromatic carbocycles. The molecule has 144 valence electrons. The van der Waals surface area contributed by atoms with Gasteiger partial charge in [-0.2, -0.15) is 0 Å². The van der Waals surface area contributed by atoms with Crippen molar-refractivity contribution in [2.45, 2.75) is 38.0 Å². The van der Waals surface area contributed by atoms with Crippen LogP contribution in [0, 0.1) is 0 Å². The number of carbonyl (C=O) groups excluding carboxylic acids is 1. The van der Waals surface area contributed by atoms with Crippen LogP contribution in [-0.2, 0) is 27.7 Å². The third-order valence-electron chi connectivity index (χ3n) is 4.77. The van der Waals surface area contributed by atoms with E-state index in [4.69, 9.17) is 4.74 Å². The largest absolute Gasteiger partial charge is 0.495 e. The summed E-state index contributed by atoms with van der Waals surface area (Å²) in [7, 11) is -2.35. The SMILES string of the molecule is CCc1ccc(OC)c(S(=O)(=O)Nc2ccc3c(c2)CCC(=O)N3CC)c1. The molecule has 0 aliphatic carbocycles. The smallest absolute Gasteiger partial charge is 0.265 e. The summed E-state index contributed by atoms with van der Waals surface area (Å²) in [6, 6.07) is 10.5. The molecule has 0 radical (unpaired) electrons. The third-order valence-corrected chi connectivity index (χ3v) is 6.18. The molecule has 0 aromatic heterocycles. The van der Waals surface area contributed by atoms with Crippen molar-refractivity contribution < 1.29 is 17.9 Å². The highest BCUT2D eigenvalue weighted by Crippen LogP contribution is 2.32. The molecule has 1 aliphatic heterocycles. The Morgan fingerprint density at radius 2 is 1.89 bits per heavy atom. The molecule has 0 spiro atoms. The summed E-state index contributed by atoms with van der Waals surface area (Å²) in [5.74, 6) is 0.403. The monoisotopic (exact) mass is 388 g/mol. The molecular formula is C20H24N2O4S. The predicted molar refractivity (Wildman–Crippen MR) is 106 cm³/mol. The Hall–Kier alpha value is -2.54. The minimum atomic E-state index is -3.80. The van der Waals surface area contributed by atoms with E-state index >= 15 is 0 Å². The van der Waals surface area contributed by atoms with Crippen molar-refractivity contribution in [1.82, 2.24) is 0 Å². The van der Waals surface area contributed by atoms with Gasteiger partial charge in [0.2, 0.25) is 5.91 Å². The normalized spacial score (nSPS) is 14.0. The number of nitrogens with one attached hydrogen (secondary N) is 1. The quantitative estimate of drug-likeness (QED) is 0.823. The molecule has 7 heteroatoms. The molecule has 0 unspecified atom stereocenters. The van der Waals surface area contributed by atoms with E-state index < -0.39 is 10.0 Å². The zero-order chi connectivity index (χ0) is 19.6. The van der Waals surface area contributed by atoms with Crippen LogP contribution in [0.2, 0.25) is 0 Å². The highest BCUT2D eigenvalue weighted by Gasteiger charge is 2.24. The van der Waals surface area contributed by atoms with Gasteiger partial charge in [-0.25, -0.2) is 8.42 Å². The van der Waals surface area contributed by atoms with Crippen LogP contribution in [0.5, 0.6) is 5.75 Å². The lowest BCUT2D eigenvalue weighted by molar-refractivity contribution is -0.118. The van der Waals surface area contributed by atoms with Crippen LogP contribution < -0.4 is 14.4 Å². The first kappa shape index (κ1) is 19.2. The van der Waals surface area contributed by atoms with Gasteiger partial charge in [-0.15, -0.1) is 0 Å². The summed E-state index contributed by atoms with van der Waals surface area (Å²) < 4.78 is 33.7. The van der Waals surface area contributed by atoms with E-state index in [0.717, 1.165) is 23.2 Å². The van der Waals surface area contributed by atoms with E-state index in [2.05, 4.69) is 4.72 Å². The third kappa shape index (κ3) is 3.78. The van der Waals surface area contributed by atoms with Crippen LogP contribution in [0.3, 0.4) is 0 Å². The van der Waals surface area contributed by atoms with Crippen LogP contribution in [-0.4, -0.2) is 28.0 Å². The summed E-state index contributed by atoms with van der Waals surface area (Å²) in [5, 5.41) is 0. The molecular weight excluding hydrogens is 364 g/mol. The number of ether oxygens (including phenoxy) is 1. The Kier molecular flexibility index (Phi) is 5.41. The molecule has 6 nitrogen and oxygen atoms in total. The highest BCUT2D eigenvalue weighted by molar-refractivity contribution is 7.92. The van der Waals surface area contributed by atoms with Crippen molar-refractivity contribution in [3.8, 4) is 5.75 Å². The Labute approximate surface area is 160 Å². The first-order valence-electron chi connectivity index (χ1n) is 9.02. The molecule has 0 saturated heterocycles. The first-order valence-corrected chi connectivity index (χ1v) is 10.5. The minimum absolute atomic E-state index is 0.0967. The van der Waals surface area contributed by atoms with Gasteiger partial charge in [0.1, 0.15) is 10.6 Å². The van der Waals surface area contributed by atoms with Gasteiger partial charge in [0.25, 0.3) is 10.0 Å². The number of hydrogen-bond donors (Lipinski definition) is 1. The predicted octanol–water partition coefficient (Wildman–Crippen LogP) is 3.36. The Balaban J connectivity index is 1.95. The number of hydrogen-bond acceptors (Lipinski definition) is 4. The second-order valence-electron chi connectivity index (χ2n) is 6.43. The van der Waals surface area contributed by atoms with E-state index in [1.54, 1.807) is 35.2 Å².